The number of hydrogen-bond acceptors (Lipinski definition) is 5. The third-order valence-corrected chi connectivity index (χ3v) is 4.74. The minimum Gasteiger partial charge on any atom is -0.386 e. The molecule has 1 aliphatic heterocycles. The van der Waals surface area contributed by atoms with Gasteiger partial charge in [-0.1, -0.05) is 12.1 Å². The van der Waals surface area contributed by atoms with Gasteiger partial charge in [-0.05, 0) is 49.7 Å². The topological polar surface area (TPSA) is 68.7 Å². The Hall–Kier alpha value is -2.44. The molecule has 1 aromatic carbocycles. The Bertz CT molecular complexity index is 793. The van der Waals surface area contributed by atoms with E-state index in [2.05, 4.69) is 16.3 Å². The van der Waals surface area contributed by atoms with Gasteiger partial charge < -0.3 is 15.3 Å². The summed E-state index contributed by atoms with van der Waals surface area (Å²) in [4.78, 5) is 20.3. The summed E-state index contributed by atoms with van der Waals surface area (Å²) in [6, 6.07) is 14.6. The Morgan fingerprint density at radius 2 is 2.00 bits per heavy atom. The summed E-state index contributed by atoms with van der Waals surface area (Å²) >= 11 is 0. The number of piperazine rings is 1. The fourth-order valence-electron chi connectivity index (χ4n) is 3.13. The highest BCUT2D eigenvalue weighted by molar-refractivity contribution is 5.73. The van der Waals surface area contributed by atoms with E-state index in [1.807, 2.05) is 35.2 Å². The molecule has 0 spiro atoms. The summed E-state index contributed by atoms with van der Waals surface area (Å²) in [5.74, 6) is 0.910. The summed E-state index contributed by atoms with van der Waals surface area (Å²) in [7, 11) is 0. The number of nitrogens with one attached hydrogen (secondary N) is 1. The summed E-state index contributed by atoms with van der Waals surface area (Å²) in [5, 5.41) is 13.5. The van der Waals surface area contributed by atoms with Crippen molar-refractivity contribution in [3.63, 3.8) is 0 Å². The summed E-state index contributed by atoms with van der Waals surface area (Å²) in [6.45, 7) is 9.14. The second kappa shape index (κ2) is 8.06. The van der Waals surface area contributed by atoms with Crippen LogP contribution in [0.4, 0.5) is 11.5 Å². The minimum absolute atomic E-state index is 0.143. The van der Waals surface area contributed by atoms with Gasteiger partial charge in [0.25, 0.3) is 0 Å². The number of carbonyl (C=O) groups is 1. The monoisotopic (exact) mass is 367 g/mol. The smallest absolute Gasteiger partial charge is 0.219 e. The number of benzene rings is 1. The molecule has 1 saturated heterocycles. The van der Waals surface area contributed by atoms with Gasteiger partial charge in [-0.25, -0.2) is 4.98 Å². The van der Waals surface area contributed by atoms with Gasteiger partial charge in [-0.15, -0.1) is 0 Å². The van der Waals surface area contributed by atoms with Crippen LogP contribution in [-0.2, 0) is 16.9 Å². The molecule has 0 bridgehead atoms. The number of nitrogens with zero attached hydrogens (tertiary/aromatic N) is 3. The van der Waals surface area contributed by atoms with E-state index in [0.29, 0.717) is 0 Å². The number of hydrogen-bond donors (Lipinski definition) is 2. The van der Waals surface area contributed by atoms with Crippen molar-refractivity contribution in [1.82, 2.24) is 14.8 Å². The van der Waals surface area contributed by atoms with Crippen molar-refractivity contribution in [2.75, 3.05) is 31.5 Å². The first-order chi connectivity index (χ1) is 12.8. The van der Waals surface area contributed by atoms with E-state index >= 15 is 0 Å². The van der Waals surface area contributed by atoms with Crippen molar-refractivity contribution in [2.24, 2.45) is 0 Å². The fraction of sp³-hybridized carbons (Fsp3) is 0.429. The number of aromatic nitrogens is 1. The van der Waals surface area contributed by atoms with Gasteiger partial charge >= 0.3 is 0 Å². The third kappa shape index (κ3) is 5.28. The van der Waals surface area contributed by atoms with Crippen molar-refractivity contribution in [3.05, 3.63) is 53.7 Å². The molecular weight excluding hydrogens is 340 g/mol. The van der Waals surface area contributed by atoms with Crippen LogP contribution in [0.1, 0.15) is 32.0 Å². The van der Waals surface area contributed by atoms with Crippen LogP contribution in [0.2, 0.25) is 0 Å². The molecule has 2 heterocycles. The van der Waals surface area contributed by atoms with Crippen LogP contribution in [0.3, 0.4) is 0 Å². The van der Waals surface area contributed by atoms with E-state index in [1.165, 1.54) is 0 Å². The van der Waals surface area contributed by atoms with Gasteiger partial charge in [0, 0.05) is 45.3 Å². The number of carbonyl (C=O) groups excluding carboxylic acids is 1. The second-order valence-corrected chi connectivity index (χ2v) is 7.47. The lowest BCUT2D eigenvalue weighted by molar-refractivity contribution is -0.130. The Kier molecular flexibility index (Phi) is 5.77. The van der Waals surface area contributed by atoms with Gasteiger partial charge in [0.15, 0.2) is 0 Å². The SMILES string of the molecule is CC(=O)N1CCN(Cc2cccc(Nc3cc[c]c(C(C)(C)O)c3)n2)CC1. The second-order valence-electron chi connectivity index (χ2n) is 7.47. The Morgan fingerprint density at radius 1 is 1.26 bits per heavy atom. The van der Waals surface area contributed by atoms with Gasteiger partial charge in [0.1, 0.15) is 5.82 Å². The molecule has 143 valence electrons. The number of aliphatic hydroxyl groups is 1. The van der Waals surface area contributed by atoms with Gasteiger partial charge in [-0.3, -0.25) is 9.69 Å². The molecule has 6 heteroatoms. The van der Waals surface area contributed by atoms with Crippen molar-refractivity contribution in [2.45, 2.75) is 32.9 Å². The lowest BCUT2D eigenvalue weighted by Crippen LogP contribution is -2.47. The summed E-state index contributed by atoms with van der Waals surface area (Å²) in [6.07, 6.45) is 0. The molecular formula is C21H27N4O2. The standard InChI is InChI=1S/C21H27N4O2/c1-16(26)25-12-10-24(11-13-25)15-19-8-5-9-20(23-19)22-18-7-4-6-17(14-18)21(2,3)27/h4-5,7-9,14,27H,10-13,15H2,1-3H3,(H,22,23). The number of rotatable bonds is 5. The van der Waals surface area contributed by atoms with E-state index in [0.717, 1.165) is 55.5 Å². The van der Waals surface area contributed by atoms with Crippen LogP contribution in [-0.4, -0.2) is 52.0 Å². The molecule has 1 radical (unpaired) electrons. The first kappa shape index (κ1) is 19.3. The Labute approximate surface area is 160 Å². The van der Waals surface area contributed by atoms with Crippen LogP contribution in [0.15, 0.2) is 36.4 Å². The molecule has 2 N–H and O–H groups in total. The van der Waals surface area contributed by atoms with E-state index in [1.54, 1.807) is 26.8 Å². The van der Waals surface area contributed by atoms with Gasteiger partial charge in [-0.2, -0.15) is 0 Å². The highest BCUT2D eigenvalue weighted by atomic mass is 16.3. The van der Waals surface area contributed by atoms with E-state index in [4.69, 9.17) is 4.98 Å². The molecule has 0 saturated carbocycles. The summed E-state index contributed by atoms with van der Waals surface area (Å²) in [5.41, 5.74) is 1.65. The zero-order valence-electron chi connectivity index (χ0n) is 16.2. The predicted molar refractivity (Wildman–Crippen MR) is 106 cm³/mol. The molecule has 1 aromatic heterocycles. The van der Waals surface area contributed by atoms with Crippen LogP contribution < -0.4 is 5.32 Å². The van der Waals surface area contributed by atoms with Crippen molar-refractivity contribution >= 4 is 17.4 Å². The molecule has 1 amide bonds. The van der Waals surface area contributed by atoms with Crippen LogP contribution in [0.5, 0.6) is 0 Å². The average molecular weight is 367 g/mol. The van der Waals surface area contributed by atoms with Crippen LogP contribution in [0, 0.1) is 6.07 Å². The van der Waals surface area contributed by atoms with E-state index in [-0.39, 0.29) is 5.91 Å². The summed E-state index contributed by atoms with van der Waals surface area (Å²) < 4.78 is 0. The van der Waals surface area contributed by atoms with E-state index < -0.39 is 5.60 Å². The highest BCUT2D eigenvalue weighted by Gasteiger charge is 2.19. The maximum absolute atomic E-state index is 11.4. The van der Waals surface area contributed by atoms with Crippen molar-refractivity contribution in [3.8, 4) is 0 Å². The Balaban J connectivity index is 1.64. The van der Waals surface area contributed by atoms with Gasteiger partial charge in [0.05, 0.1) is 11.3 Å². The molecule has 0 atom stereocenters. The molecule has 3 rings (SSSR count). The predicted octanol–water partition coefficient (Wildman–Crippen LogP) is 2.52. The van der Waals surface area contributed by atoms with Crippen LogP contribution in [0.25, 0.3) is 0 Å². The maximum Gasteiger partial charge on any atom is 0.219 e. The number of amides is 1. The Morgan fingerprint density at radius 3 is 2.67 bits per heavy atom. The lowest BCUT2D eigenvalue weighted by atomic mass is 9.98. The minimum atomic E-state index is -0.936. The van der Waals surface area contributed by atoms with Crippen molar-refractivity contribution in [1.29, 1.82) is 0 Å². The fourth-order valence-corrected chi connectivity index (χ4v) is 3.13. The molecule has 1 fully saturated rings. The first-order valence-electron chi connectivity index (χ1n) is 9.27. The van der Waals surface area contributed by atoms with Gasteiger partial charge in [0.2, 0.25) is 5.91 Å². The highest BCUT2D eigenvalue weighted by Crippen LogP contribution is 2.24. The zero-order chi connectivity index (χ0) is 19.4. The number of pyridine rings is 1. The number of anilines is 2. The molecule has 2 aromatic rings. The first-order valence-corrected chi connectivity index (χ1v) is 9.27. The maximum atomic E-state index is 11.4. The van der Waals surface area contributed by atoms with Crippen LogP contribution >= 0.6 is 0 Å². The molecule has 27 heavy (non-hydrogen) atoms. The molecule has 1 aliphatic rings. The molecule has 0 unspecified atom stereocenters. The molecule has 6 nitrogen and oxygen atoms in total. The average Bonchev–Trinajstić information content (AvgIpc) is 2.62. The lowest BCUT2D eigenvalue weighted by Gasteiger charge is -2.33. The normalized spacial score (nSPS) is 15.6. The quantitative estimate of drug-likeness (QED) is 0.850. The third-order valence-electron chi connectivity index (χ3n) is 4.74. The van der Waals surface area contributed by atoms with Crippen molar-refractivity contribution < 1.29 is 9.90 Å². The zero-order valence-corrected chi connectivity index (χ0v) is 16.2. The van der Waals surface area contributed by atoms with E-state index in [9.17, 15) is 9.90 Å². The largest absolute Gasteiger partial charge is 0.386 e. The molecule has 0 aliphatic carbocycles.